The zero-order chi connectivity index (χ0) is 15.4. The van der Waals surface area contributed by atoms with Gasteiger partial charge in [0.15, 0.2) is 0 Å². The van der Waals surface area contributed by atoms with Gasteiger partial charge in [-0.15, -0.1) is 23.7 Å². The molecule has 1 saturated heterocycles. The predicted octanol–water partition coefficient (Wildman–Crippen LogP) is 3.71. The van der Waals surface area contributed by atoms with Crippen molar-refractivity contribution in [3.05, 3.63) is 35.2 Å². The van der Waals surface area contributed by atoms with Crippen LogP contribution in [-0.2, 0) is 11.2 Å². The van der Waals surface area contributed by atoms with Crippen LogP contribution in [0, 0.1) is 5.92 Å². The lowest BCUT2D eigenvalue weighted by atomic mass is 9.93. The molecule has 3 nitrogen and oxygen atoms in total. The number of halogens is 1. The number of hydrogen-bond donors (Lipinski definition) is 1. The third-order valence-electron chi connectivity index (χ3n) is 4.67. The Kier molecular flexibility index (Phi) is 6.88. The number of fused-ring (bicyclic) bond motifs is 1. The van der Waals surface area contributed by atoms with Crippen LogP contribution in [0.15, 0.2) is 29.6 Å². The van der Waals surface area contributed by atoms with Crippen molar-refractivity contribution in [2.45, 2.75) is 25.7 Å². The number of benzene rings is 1. The molecular formula is C18H25ClN2OS. The molecule has 0 bridgehead atoms. The monoisotopic (exact) mass is 352 g/mol. The Labute approximate surface area is 148 Å². The third-order valence-corrected chi connectivity index (χ3v) is 5.68. The molecule has 0 atom stereocenters. The number of amides is 1. The molecule has 2 aromatic rings. The van der Waals surface area contributed by atoms with Gasteiger partial charge in [-0.05, 0) is 61.2 Å². The summed E-state index contributed by atoms with van der Waals surface area (Å²) in [6.45, 7) is 2.93. The number of likely N-dealkylation sites (tertiary alicyclic amines) is 1. The van der Waals surface area contributed by atoms with Crippen LogP contribution in [0.3, 0.4) is 0 Å². The van der Waals surface area contributed by atoms with Gasteiger partial charge in [0.2, 0.25) is 5.91 Å². The van der Waals surface area contributed by atoms with E-state index in [1.165, 1.54) is 22.1 Å². The molecule has 1 aliphatic rings. The predicted molar refractivity (Wildman–Crippen MR) is 101 cm³/mol. The van der Waals surface area contributed by atoms with Crippen LogP contribution in [0.25, 0.3) is 10.1 Å². The average molecular weight is 353 g/mol. The van der Waals surface area contributed by atoms with Gasteiger partial charge in [-0.1, -0.05) is 18.2 Å². The van der Waals surface area contributed by atoms with E-state index in [1.54, 1.807) is 11.3 Å². The molecule has 23 heavy (non-hydrogen) atoms. The van der Waals surface area contributed by atoms with Crippen molar-refractivity contribution >= 4 is 39.7 Å². The minimum atomic E-state index is 0. The van der Waals surface area contributed by atoms with E-state index in [-0.39, 0.29) is 18.3 Å². The highest BCUT2D eigenvalue weighted by atomic mass is 35.5. The van der Waals surface area contributed by atoms with Crippen LogP contribution < -0.4 is 5.32 Å². The van der Waals surface area contributed by atoms with Crippen LogP contribution in [-0.4, -0.2) is 37.5 Å². The molecule has 1 aromatic carbocycles. The molecule has 5 heteroatoms. The number of rotatable bonds is 5. The van der Waals surface area contributed by atoms with Gasteiger partial charge >= 0.3 is 0 Å². The van der Waals surface area contributed by atoms with Crippen LogP contribution in [0.4, 0.5) is 0 Å². The van der Waals surface area contributed by atoms with E-state index in [0.717, 1.165) is 38.4 Å². The van der Waals surface area contributed by atoms with Crippen molar-refractivity contribution in [3.8, 4) is 0 Å². The summed E-state index contributed by atoms with van der Waals surface area (Å²) < 4.78 is 1.27. The van der Waals surface area contributed by atoms with Crippen molar-refractivity contribution in [1.29, 1.82) is 0 Å². The maximum absolute atomic E-state index is 12.5. The number of thiophene rings is 1. The molecule has 0 radical (unpaired) electrons. The third kappa shape index (κ3) is 4.46. The molecule has 2 heterocycles. The van der Waals surface area contributed by atoms with E-state index >= 15 is 0 Å². The van der Waals surface area contributed by atoms with E-state index in [9.17, 15) is 4.79 Å². The van der Waals surface area contributed by atoms with Gasteiger partial charge in [0.05, 0.1) is 6.42 Å². The minimum Gasteiger partial charge on any atom is -0.342 e. The molecule has 1 aromatic heterocycles. The lowest BCUT2D eigenvalue weighted by molar-refractivity contribution is -0.131. The van der Waals surface area contributed by atoms with Gasteiger partial charge in [0.1, 0.15) is 0 Å². The summed E-state index contributed by atoms with van der Waals surface area (Å²) >= 11 is 1.73. The fourth-order valence-corrected chi connectivity index (χ4v) is 4.23. The Balaban J connectivity index is 0.00000192. The summed E-state index contributed by atoms with van der Waals surface area (Å²) in [5.41, 5.74) is 1.18. The SMILES string of the molecule is CNCCC1CCN(C(=O)Cc2csc3ccccc23)CC1.Cl. The van der Waals surface area contributed by atoms with Gasteiger partial charge in [-0.3, -0.25) is 4.79 Å². The average Bonchev–Trinajstić information content (AvgIpc) is 2.96. The first-order chi connectivity index (χ1) is 10.8. The standard InChI is InChI=1S/C18H24N2OS.ClH/c1-19-9-6-14-7-10-20(11-8-14)18(21)12-15-13-22-17-5-3-2-4-16(15)17;/h2-5,13-14,19H,6-12H2,1H3;1H. The molecule has 1 aliphatic heterocycles. The molecule has 3 rings (SSSR count). The molecule has 1 N–H and O–H groups in total. The van der Waals surface area contributed by atoms with E-state index < -0.39 is 0 Å². The summed E-state index contributed by atoms with van der Waals surface area (Å²) in [6, 6.07) is 8.36. The van der Waals surface area contributed by atoms with Crippen LogP contribution in [0.1, 0.15) is 24.8 Å². The molecule has 0 unspecified atom stereocenters. The van der Waals surface area contributed by atoms with Crippen LogP contribution >= 0.6 is 23.7 Å². The van der Waals surface area contributed by atoms with Gasteiger partial charge in [0, 0.05) is 17.8 Å². The Morgan fingerprint density at radius 2 is 2.04 bits per heavy atom. The minimum absolute atomic E-state index is 0. The van der Waals surface area contributed by atoms with Gasteiger partial charge in [-0.2, -0.15) is 0 Å². The van der Waals surface area contributed by atoms with Gasteiger partial charge in [0.25, 0.3) is 0 Å². The molecule has 1 fully saturated rings. The van der Waals surface area contributed by atoms with E-state index in [4.69, 9.17) is 0 Å². The van der Waals surface area contributed by atoms with Crippen molar-refractivity contribution in [2.75, 3.05) is 26.7 Å². The first kappa shape index (κ1) is 18.2. The zero-order valence-electron chi connectivity index (χ0n) is 13.6. The first-order valence-electron chi connectivity index (χ1n) is 8.15. The van der Waals surface area contributed by atoms with Crippen molar-refractivity contribution in [1.82, 2.24) is 10.2 Å². The summed E-state index contributed by atoms with van der Waals surface area (Å²) in [6.07, 6.45) is 4.08. The first-order valence-corrected chi connectivity index (χ1v) is 9.03. The number of nitrogens with zero attached hydrogens (tertiary/aromatic N) is 1. The maximum Gasteiger partial charge on any atom is 0.227 e. The molecular weight excluding hydrogens is 328 g/mol. The van der Waals surface area contributed by atoms with Crippen molar-refractivity contribution in [3.63, 3.8) is 0 Å². The second-order valence-corrected chi connectivity index (χ2v) is 7.06. The van der Waals surface area contributed by atoms with Crippen molar-refractivity contribution < 1.29 is 4.79 Å². The number of carbonyl (C=O) groups is 1. The van der Waals surface area contributed by atoms with Crippen LogP contribution in [0.5, 0.6) is 0 Å². The normalized spacial score (nSPS) is 15.6. The van der Waals surface area contributed by atoms with E-state index in [1.807, 2.05) is 7.05 Å². The quantitative estimate of drug-likeness (QED) is 0.889. The highest BCUT2D eigenvalue weighted by Crippen LogP contribution is 2.27. The molecule has 0 aliphatic carbocycles. The zero-order valence-corrected chi connectivity index (χ0v) is 15.2. The molecule has 0 spiro atoms. The van der Waals surface area contributed by atoms with Gasteiger partial charge in [-0.25, -0.2) is 0 Å². The molecule has 126 valence electrons. The number of hydrogen-bond acceptors (Lipinski definition) is 3. The fraction of sp³-hybridized carbons (Fsp3) is 0.500. The smallest absolute Gasteiger partial charge is 0.227 e. The Hall–Kier alpha value is -1.10. The Morgan fingerprint density at radius 1 is 1.30 bits per heavy atom. The van der Waals surface area contributed by atoms with Gasteiger partial charge < -0.3 is 10.2 Å². The summed E-state index contributed by atoms with van der Waals surface area (Å²) in [4.78, 5) is 14.6. The Morgan fingerprint density at radius 3 is 2.78 bits per heavy atom. The highest BCUT2D eigenvalue weighted by Gasteiger charge is 2.23. The van der Waals surface area contributed by atoms with Crippen molar-refractivity contribution in [2.24, 2.45) is 5.92 Å². The number of nitrogens with one attached hydrogen (secondary N) is 1. The lowest BCUT2D eigenvalue weighted by Crippen LogP contribution is -2.39. The van der Waals surface area contributed by atoms with E-state index in [2.05, 4.69) is 39.9 Å². The summed E-state index contributed by atoms with van der Waals surface area (Å²) in [7, 11) is 2.00. The maximum atomic E-state index is 12.5. The largest absolute Gasteiger partial charge is 0.342 e. The van der Waals surface area contributed by atoms with E-state index in [0.29, 0.717) is 6.42 Å². The second kappa shape index (κ2) is 8.67. The highest BCUT2D eigenvalue weighted by molar-refractivity contribution is 7.17. The summed E-state index contributed by atoms with van der Waals surface area (Å²) in [5, 5.41) is 6.60. The number of carbonyl (C=O) groups excluding carboxylic acids is 1. The molecule has 0 saturated carbocycles. The summed E-state index contributed by atoms with van der Waals surface area (Å²) in [5.74, 6) is 1.06. The fourth-order valence-electron chi connectivity index (χ4n) is 3.26. The number of piperidine rings is 1. The lowest BCUT2D eigenvalue weighted by Gasteiger charge is -2.32. The molecule has 1 amide bonds. The Bertz CT molecular complexity index is 635. The second-order valence-electron chi connectivity index (χ2n) is 6.15. The topological polar surface area (TPSA) is 32.3 Å². The van der Waals surface area contributed by atoms with Crippen LogP contribution in [0.2, 0.25) is 0 Å².